The van der Waals surface area contributed by atoms with Crippen LogP contribution in [0.15, 0.2) is 36.4 Å². The highest BCUT2D eigenvalue weighted by Gasteiger charge is 2.17. The van der Waals surface area contributed by atoms with Crippen LogP contribution in [0.25, 0.3) is 0 Å². The second-order valence-corrected chi connectivity index (χ2v) is 4.70. The fourth-order valence-electron chi connectivity index (χ4n) is 1.81. The molecule has 0 saturated carbocycles. The molecule has 0 unspecified atom stereocenters. The lowest BCUT2D eigenvalue weighted by Gasteiger charge is -2.09. The summed E-state index contributed by atoms with van der Waals surface area (Å²) in [6.45, 7) is 1.91. The predicted molar refractivity (Wildman–Crippen MR) is 78.7 cm³/mol. The van der Waals surface area contributed by atoms with E-state index in [4.69, 9.17) is 21.6 Å². The summed E-state index contributed by atoms with van der Waals surface area (Å²) in [6, 6.07) is 11.2. The molecule has 0 N–H and O–H groups in total. The Balaban J connectivity index is 2.45. The van der Waals surface area contributed by atoms with Crippen molar-refractivity contribution >= 4 is 17.3 Å². The van der Waals surface area contributed by atoms with E-state index in [0.29, 0.717) is 11.4 Å². The Morgan fingerprint density at radius 3 is 2.62 bits per heavy atom. The molecule has 5 nitrogen and oxygen atoms in total. The molecule has 0 aliphatic rings. The fourth-order valence-corrected chi connectivity index (χ4v) is 1.98. The zero-order chi connectivity index (χ0) is 15.4. The number of hydrogen-bond acceptors (Lipinski definition) is 4. The van der Waals surface area contributed by atoms with Gasteiger partial charge in [-0.15, -0.1) is 0 Å². The Morgan fingerprint density at radius 1 is 1.29 bits per heavy atom. The van der Waals surface area contributed by atoms with E-state index >= 15 is 0 Å². The van der Waals surface area contributed by atoms with Gasteiger partial charge in [0.25, 0.3) is 0 Å². The normalized spacial score (nSPS) is 9.95. The lowest BCUT2D eigenvalue weighted by Crippen LogP contribution is -1.96. The summed E-state index contributed by atoms with van der Waals surface area (Å²) in [4.78, 5) is 10.6. The molecule has 0 radical (unpaired) electrons. The van der Waals surface area contributed by atoms with Crippen molar-refractivity contribution in [3.05, 3.63) is 62.7 Å². The number of nitriles is 1. The van der Waals surface area contributed by atoms with Gasteiger partial charge in [0.15, 0.2) is 0 Å². The third-order valence-corrected chi connectivity index (χ3v) is 3.15. The summed E-state index contributed by atoms with van der Waals surface area (Å²) < 4.78 is 5.52. The number of ether oxygens (including phenoxy) is 1. The average Bonchev–Trinajstić information content (AvgIpc) is 2.49. The number of rotatable bonds is 4. The summed E-state index contributed by atoms with van der Waals surface area (Å²) in [7, 11) is 0. The number of nitrogens with zero attached hydrogens (tertiary/aromatic N) is 2. The second kappa shape index (κ2) is 6.25. The Morgan fingerprint density at radius 2 is 2.00 bits per heavy atom. The minimum Gasteiger partial charge on any atom is -0.449 e. The number of aryl methyl sites for hydroxylation is 1. The van der Waals surface area contributed by atoms with Crippen LogP contribution in [0, 0.1) is 21.4 Å². The SMILES string of the molecule is CCc1ccc(Oc2ccc(Cl)cc2C#N)c([N+](=O)[O-])c1. The molecule has 2 aromatic carbocycles. The molecule has 0 fully saturated rings. The van der Waals surface area contributed by atoms with Gasteiger partial charge in [-0.1, -0.05) is 24.6 Å². The minimum absolute atomic E-state index is 0.0935. The van der Waals surface area contributed by atoms with E-state index in [1.54, 1.807) is 12.1 Å². The highest BCUT2D eigenvalue weighted by atomic mass is 35.5. The number of nitro benzene ring substituents is 1. The van der Waals surface area contributed by atoms with E-state index in [-0.39, 0.29) is 22.7 Å². The Hall–Kier alpha value is -2.58. The van der Waals surface area contributed by atoms with Gasteiger partial charge in [-0.25, -0.2) is 0 Å². The summed E-state index contributed by atoms with van der Waals surface area (Å²) >= 11 is 5.80. The molecule has 0 saturated heterocycles. The zero-order valence-electron chi connectivity index (χ0n) is 11.2. The van der Waals surface area contributed by atoms with Gasteiger partial charge >= 0.3 is 5.69 Å². The molecule has 0 atom stereocenters. The van der Waals surface area contributed by atoms with Crippen LogP contribution in [0.3, 0.4) is 0 Å². The molecule has 21 heavy (non-hydrogen) atoms. The number of nitro groups is 1. The molecule has 2 rings (SSSR count). The number of benzene rings is 2. The quantitative estimate of drug-likeness (QED) is 0.616. The van der Waals surface area contributed by atoms with Crippen LogP contribution in [0.4, 0.5) is 5.69 Å². The van der Waals surface area contributed by atoms with Gasteiger partial charge in [-0.05, 0) is 36.2 Å². The van der Waals surface area contributed by atoms with Crippen molar-refractivity contribution in [2.45, 2.75) is 13.3 Å². The van der Waals surface area contributed by atoms with Crippen molar-refractivity contribution in [2.24, 2.45) is 0 Å². The predicted octanol–water partition coefficient (Wildman–Crippen LogP) is 4.47. The molecule has 0 bridgehead atoms. The van der Waals surface area contributed by atoms with Gasteiger partial charge in [0, 0.05) is 11.1 Å². The van der Waals surface area contributed by atoms with Crippen LogP contribution >= 0.6 is 11.6 Å². The fraction of sp³-hybridized carbons (Fsp3) is 0.133. The Kier molecular flexibility index (Phi) is 4.41. The molecule has 2 aromatic rings. The smallest absolute Gasteiger partial charge is 0.311 e. The molecule has 0 spiro atoms. The van der Waals surface area contributed by atoms with Gasteiger partial charge in [-0.3, -0.25) is 10.1 Å². The first kappa shape index (κ1) is 14.8. The first-order valence-electron chi connectivity index (χ1n) is 6.20. The monoisotopic (exact) mass is 302 g/mol. The van der Waals surface area contributed by atoms with Crippen LogP contribution in [0.1, 0.15) is 18.1 Å². The Bertz CT molecular complexity index is 738. The molecule has 6 heteroatoms. The van der Waals surface area contributed by atoms with E-state index in [2.05, 4.69) is 0 Å². The summed E-state index contributed by atoms with van der Waals surface area (Å²) in [5.41, 5.74) is 0.926. The van der Waals surface area contributed by atoms with E-state index in [1.807, 2.05) is 13.0 Å². The van der Waals surface area contributed by atoms with E-state index in [9.17, 15) is 10.1 Å². The maximum Gasteiger partial charge on any atom is 0.311 e. The molecular weight excluding hydrogens is 292 g/mol. The highest BCUT2D eigenvalue weighted by molar-refractivity contribution is 6.30. The highest BCUT2D eigenvalue weighted by Crippen LogP contribution is 2.34. The van der Waals surface area contributed by atoms with Crippen LogP contribution in [0.5, 0.6) is 11.5 Å². The molecule has 0 amide bonds. The van der Waals surface area contributed by atoms with Gasteiger partial charge in [0.2, 0.25) is 5.75 Å². The number of halogens is 1. The van der Waals surface area contributed by atoms with Crippen LogP contribution in [-0.2, 0) is 6.42 Å². The third kappa shape index (κ3) is 3.30. The second-order valence-electron chi connectivity index (χ2n) is 4.27. The van der Waals surface area contributed by atoms with Crippen LogP contribution < -0.4 is 4.74 Å². The molecule has 0 heterocycles. The van der Waals surface area contributed by atoms with Crippen molar-refractivity contribution in [3.8, 4) is 17.6 Å². The van der Waals surface area contributed by atoms with Crippen molar-refractivity contribution in [1.82, 2.24) is 0 Å². The van der Waals surface area contributed by atoms with Gasteiger partial charge in [0.1, 0.15) is 11.8 Å². The Labute approximate surface area is 126 Å². The van der Waals surface area contributed by atoms with Gasteiger partial charge < -0.3 is 4.74 Å². The lowest BCUT2D eigenvalue weighted by atomic mass is 10.1. The first-order chi connectivity index (χ1) is 10.0. The number of hydrogen-bond donors (Lipinski definition) is 0. The van der Waals surface area contributed by atoms with Crippen molar-refractivity contribution < 1.29 is 9.66 Å². The topological polar surface area (TPSA) is 76.2 Å². The summed E-state index contributed by atoms with van der Waals surface area (Å²) in [6.07, 6.45) is 0.686. The van der Waals surface area contributed by atoms with E-state index < -0.39 is 4.92 Å². The van der Waals surface area contributed by atoms with Crippen LogP contribution in [-0.4, -0.2) is 4.92 Å². The largest absolute Gasteiger partial charge is 0.449 e. The molecule has 0 aromatic heterocycles. The zero-order valence-corrected chi connectivity index (χ0v) is 11.9. The van der Waals surface area contributed by atoms with Crippen molar-refractivity contribution in [1.29, 1.82) is 5.26 Å². The lowest BCUT2D eigenvalue weighted by molar-refractivity contribution is -0.385. The van der Waals surface area contributed by atoms with Crippen molar-refractivity contribution in [3.63, 3.8) is 0 Å². The average molecular weight is 303 g/mol. The maximum absolute atomic E-state index is 11.1. The standard InChI is InChI=1S/C15H11ClN2O3/c1-2-10-3-5-15(13(7-10)18(19)20)21-14-6-4-12(16)8-11(14)9-17/h3-8H,2H2,1H3. The third-order valence-electron chi connectivity index (χ3n) is 2.91. The summed E-state index contributed by atoms with van der Waals surface area (Å²) in [5.74, 6) is 0.324. The van der Waals surface area contributed by atoms with Crippen molar-refractivity contribution in [2.75, 3.05) is 0 Å². The maximum atomic E-state index is 11.1. The van der Waals surface area contributed by atoms with Gasteiger partial charge in [0.05, 0.1) is 10.5 Å². The van der Waals surface area contributed by atoms with E-state index in [0.717, 1.165) is 5.56 Å². The summed E-state index contributed by atoms with van der Waals surface area (Å²) in [5, 5.41) is 20.6. The minimum atomic E-state index is -0.504. The van der Waals surface area contributed by atoms with E-state index in [1.165, 1.54) is 24.3 Å². The molecule has 106 valence electrons. The van der Waals surface area contributed by atoms with Gasteiger partial charge in [-0.2, -0.15) is 5.26 Å². The molecule has 0 aliphatic carbocycles. The molecule has 0 aliphatic heterocycles. The first-order valence-corrected chi connectivity index (χ1v) is 6.57. The molecular formula is C15H11ClN2O3. The van der Waals surface area contributed by atoms with Crippen LogP contribution in [0.2, 0.25) is 5.02 Å².